The summed E-state index contributed by atoms with van der Waals surface area (Å²) in [4.78, 5) is 38.4. The van der Waals surface area contributed by atoms with Gasteiger partial charge in [-0.1, -0.05) is 18.5 Å². The summed E-state index contributed by atoms with van der Waals surface area (Å²) in [5, 5.41) is 2.71. The van der Waals surface area contributed by atoms with E-state index in [9.17, 15) is 14.4 Å². The predicted molar refractivity (Wildman–Crippen MR) is 120 cm³/mol. The normalized spacial score (nSPS) is 13.9. The molecule has 29 heavy (non-hydrogen) atoms. The van der Waals surface area contributed by atoms with Crippen molar-refractivity contribution in [1.82, 2.24) is 0 Å². The zero-order chi connectivity index (χ0) is 21.1. The van der Waals surface area contributed by atoms with E-state index in [2.05, 4.69) is 27.9 Å². The summed E-state index contributed by atoms with van der Waals surface area (Å²) in [6.45, 7) is 4.10. The van der Waals surface area contributed by atoms with E-state index in [1.807, 2.05) is 26.0 Å². The lowest BCUT2D eigenvalue weighted by molar-refractivity contribution is -0.120. The number of hydrogen-bond acceptors (Lipinski definition) is 5. The summed E-state index contributed by atoms with van der Waals surface area (Å²) < 4.78 is 6.08. The number of carbonyl (C=O) groups excluding carboxylic acids is 3. The Labute approximate surface area is 187 Å². The fraction of sp³-hybridized carbons (Fsp3) is 0.190. The van der Waals surface area contributed by atoms with E-state index >= 15 is 0 Å². The van der Waals surface area contributed by atoms with Gasteiger partial charge in [0.2, 0.25) is 0 Å². The lowest BCUT2D eigenvalue weighted by Gasteiger charge is -2.17. The number of carbonyl (C=O) groups is 3. The van der Waals surface area contributed by atoms with E-state index in [0.29, 0.717) is 23.5 Å². The van der Waals surface area contributed by atoms with Crippen LogP contribution in [0.3, 0.4) is 0 Å². The number of nitrogens with zero attached hydrogens (tertiary/aromatic N) is 1. The molecule has 0 saturated carbocycles. The third kappa shape index (κ3) is 4.45. The molecule has 0 atom stereocenters. The zero-order valence-corrected chi connectivity index (χ0v) is 18.7. The highest BCUT2D eigenvalue weighted by atomic mass is 127. The largest absolute Gasteiger partial charge is 0.462 e. The Morgan fingerprint density at radius 3 is 2.45 bits per heavy atom. The van der Waals surface area contributed by atoms with Crippen LogP contribution in [0.15, 0.2) is 53.2 Å². The second-order valence-corrected chi connectivity index (χ2v) is 8.03. The summed E-state index contributed by atoms with van der Waals surface area (Å²) >= 11 is 8.33. The smallest absolute Gasteiger partial charge is 0.338 e. The first-order valence-corrected chi connectivity index (χ1v) is 10.4. The second-order valence-electron chi connectivity index (χ2n) is 6.40. The van der Waals surface area contributed by atoms with Crippen LogP contribution < -0.4 is 10.2 Å². The highest BCUT2D eigenvalue weighted by molar-refractivity contribution is 14.1. The van der Waals surface area contributed by atoms with E-state index in [1.54, 1.807) is 30.3 Å². The van der Waals surface area contributed by atoms with Crippen LogP contribution in [-0.2, 0) is 14.3 Å². The molecule has 1 aliphatic rings. The molecule has 0 aromatic heterocycles. The minimum Gasteiger partial charge on any atom is -0.462 e. The average Bonchev–Trinajstić information content (AvgIpc) is 2.90. The molecule has 150 valence electrons. The fourth-order valence-electron chi connectivity index (χ4n) is 2.81. The number of halogens is 2. The molecule has 0 spiro atoms. The lowest BCUT2D eigenvalue weighted by Crippen LogP contribution is -2.32. The molecule has 2 aromatic carbocycles. The van der Waals surface area contributed by atoms with E-state index in [1.165, 1.54) is 0 Å². The number of rotatable bonds is 6. The summed E-state index contributed by atoms with van der Waals surface area (Å²) in [6, 6.07) is 11.8. The highest BCUT2D eigenvalue weighted by Crippen LogP contribution is 2.32. The molecule has 0 radical (unpaired) electrons. The second kappa shape index (κ2) is 8.96. The van der Waals surface area contributed by atoms with Crippen molar-refractivity contribution in [1.29, 1.82) is 0 Å². The van der Waals surface area contributed by atoms with Crippen molar-refractivity contribution in [2.75, 3.05) is 16.8 Å². The van der Waals surface area contributed by atoms with Gasteiger partial charge in [0.05, 0.1) is 17.9 Å². The van der Waals surface area contributed by atoms with Crippen molar-refractivity contribution in [3.63, 3.8) is 0 Å². The molecule has 3 rings (SSSR count). The maximum absolute atomic E-state index is 12.9. The number of aryl methyl sites for hydroxylation is 1. The van der Waals surface area contributed by atoms with Crippen molar-refractivity contribution < 1.29 is 19.1 Å². The van der Waals surface area contributed by atoms with Gasteiger partial charge >= 0.3 is 5.97 Å². The number of ether oxygens (including phenoxy) is 1. The van der Waals surface area contributed by atoms with Crippen molar-refractivity contribution in [3.8, 4) is 0 Å². The van der Waals surface area contributed by atoms with Gasteiger partial charge in [0, 0.05) is 9.26 Å². The van der Waals surface area contributed by atoms with Gasteiger partial charge in [-0.3, -0.25) is 9.59 Å². The summed E-state index contributed by atoms with van der Waals surface area (Å²) in [7, 11) is 0. The van der Waals surface area contributed by atoms with E-state index in [-0.39, 0.29) is 10.7 Å². The molecule has 6 nitrogen and oxygen atoms in total. The molecule has 8 heteroatoms. The lowest BCUT2D eigenvalue weighted by atomic mass is 10.2. The van der Waals surface area contributed by atoms with Gasteiger partial charge in [-0.05, 0) is 84.0 Å². The average molecular weight is 525 g/mol. The Morgan fingerprint density at radius 2 is 1.83 bits per heavy atom. The van der Waals surface area contributed by atoms with Crippen LogP contribution in [-0.4, -0.2) is 24.4 Å². The molecule has 1 aliphatic heterocycles. The maximum Gasteiger partial charge on any atom is 0.338 e. The van der Waals surface area contributed by atoms with Crippen LogP contribution in [0.4, 0.5) is 11.4 Å². The quantitative estimate of drug-likeness (QED) is 0.340. The number of amides is 2. The maximum atomic E-state index is 12.9. The van der Waals surface area contributed by atoms with Gasteiger partial charge in [0.15, 0.2) is 0 Å². The minimum absolute atomic E-state index is 0.00377. The molecular formula is C21H18ClIN2O4. The number of benzene rings is 2. The van der Waals surface area contributed by atoms with Crippen LogP contribution in [0.5, 0.6) is 0 Å². The molecule has 2 aromatic rings. The van der Waals surface area contributed by atoms with Crippen LogP contribution in [0.2, 0.25) is 0 Å². The van der Waals surface area contributed by atoms with Gasteiger partial charge in [-0.15, -0.1) is 0 Å². The van der Waals surface area contributed by atoms with Crippen molar-refractivity contribution in [3.05, 3.63) is 67.9 Å². The number of imide groups is 1. The first-order chi connectivity index (χ1) is 13.8. The third-order valence-electron chi connectivity index (χ3n) is 4.25. The molecule has 1 heterocycles. The van der Waals surface area contributed by atoms with E-state index < -0.39 is 17.8 Å². The van der Waals surface area contributed by atoms with Gasteiger partial charge < -0.3 is 10.1 Å². The Hall–Kier alpha value is -2.39. The molecule has 0 aliphatic carbocycles. The van der Waals surface area contributed by atoms with Gasteiger partial charge in [-0.2, -0.15) is 0 Å². The van der Waals surface area contributed by atoms with Gasteiger partial charge in [0.1, 0.15) is 10.7 Å². The summed E-state index contributed by atoms with van der Waals surface area (Å²) in [6.07, 6.45) is 0.741. The number of nitrogens with one attached hydrogen (secondary N) is 1. The molecule has 0 saturated heterocycles. The number of anilines is 2. The minimum atomic E-state index is -0.580. The topological polar surface area (TPSA) is 75.7 Å². The number of hydrogen-bond donors (Lipinski definition) is 1. The van der Waals surface area contributed by atoms with Gasteiger partial charge in [-0.25, -0.2) is 9.69 Å². The van der Waals surface area contributed by atoms with E-state index in [4.69, 9.17) is 16.3 Å². The van der Waals surface area contributed by atoms with Crippen LogP contribution in [0, 0.1) is 10.5 Å². The summed E-state index contributed by atoms with van der Waals surface area (Å²) in [5.41, 5.74) is 2.20. The Balaban J connectivity index is 1.80. The standard InChI is InChI=1S/C21H18ClIN2O4/c1-3-10-29-21(28)13-4-7-15(8-5-13)24-18-17(22)19(26)25(20(18)27)16-9-6-14(23)11-12(16)2/h4-9,11,24H,3,10H2,1-2H3. The van der Waals surface area contributed by atoms with Crippen LogP contribution >= 0.6 is 34.2 Å². The molecule has 0 unspecified atom stereocenters. The zero-order valence-electron chi connectivity index (χ0n) is 15.8. The highest BCUT2D eigenvalue weighted by Gasteiger charge is 2.39. The Bertz CT molecular complexity index is 1020. The fourth-order valence-corrected chi connectivity index (χ4v) is 3.67. The number of esters is 1. The van der Waals surface area contributed by atoms with Gasteiger partial charge in [0.25, 0.3) is 11.8 Å². The molecular weight excluding hydrogens is 507 g/mol. The molecule has 0 fully saturated rings. The van der Waals surface area contributed by atoms with Crippen molar-refractivity contribution in [2.24, 2.45) is 0 Å². The Kier molecular flexibility index (Phi) is 6.59. The molecule has 0 bridgehead atoms. The SMILES string of the molecule is CCCOC(=O)c1ccc(NC2=C(Cl)C(=O)N(c3ccc(I)cc3C)C2=O)cc1. The summed E-state index contributed by atoms with van der Waals surface area (Å²) in [5.74, 6) is -1.53. The predicted octanol–water partition coefficient (Wildman–Crippen LogP) is 4.60. The van der Waals surface area contributed by atoms with Crippen LogP contribution in [0.25, 0.3) is 0 Å². The monoisotopic (exact) mass is 524 g/mol. The van der Waals surface area contributed by atoms with Crippen molar-refractivity contribution in [2.45, 2.75) is 20.3 Å². The first kappa shape index (κ1) is 21.3. The Morgan fingerprint density at radius 1 is 1.14 bits per heavy atom. The van der Waals surface area contributed by atoms with Crippen molar-refractivity contribution >= 4 is 63.4 Å². The first-order valence-electron chi connectivity index (χ1n) is 8.92. The van der Waals surface area contributed by atoms with Crippen LogP contribution in [0.1, 0.15) is 29.3 Å². The molecule has 1 N–H and O–H groups in total. The van der Waals surface area contributed by atoms with E-state index in [0.717, 1.165) is 20.5 Å². The molecule has 2 amide bonds. The third-order valence-corrected chi connectivity index (χ3v) is 5.28.